The number of carbonyl (C=O) groups excluding carboxylic acids is 2. The lowest BCUT2D eigenvalue weighted by atomic mass is 10.1. The molecule has 0 fully saturated rings. The lowest BCUT2D eigenvalue weighted by Gasteiger charge is -2.13. The molecule has 4 nitrogen and oxygen atoms in total. The van der Waals surface area contributed by atoms with E-state index < -0.39 is 24.0 Å². The number of nitrogens with one attached hydrogen (secondary N) is 2. The van der Waals surface area contributed by atoms with Gasteiger partial charge in [0, 0.05) is 15.7 Å². The highest BCUT2D eigenvalue weighted by atomic mass is 79.9. The standard InChI is InChI=1S/C10H6BrF3N2O2/c11-4-1-2-6-5(3-4)7(8(17)15-6)16-9(18)10(12,13)14/h1-3,7H,(H,15,17)(H,16,18)/t7-/m1/s1. The summed E-state index contributed by atoms with van der Waals surface area (Å²) in [5.74, 6) is -2.84. The van der Waals surface area contributed by atoms with Crippen molar-refractivity contribution in [1.82, 2.24) is 5.32 Å². The highest BCUT2D eigenvalue weighted by molar-refractivity contribution is 9.10. The first-order valence-electron chi connectivity index (χ1n) is 4.77. The van der Waals surface area contributed by atoms with Crippen LogP contribution in [-0.4, -0.2) is 18.0 Å². The minimum Gasteiger partial charge on any atom is -0.333 e. The van der Waals surface area contributed by atoms with E-state index in [1.807, 2.05) is 0 Å². The Bertz CT molecular complexity index is 530. The Kier molecular flexibility index (Phi) is 3.05. The van der Waals surface area contributed by atoms with E-state index in [4.69, 9.17) is 0 Å². The van der Waals surface area contributed by atoms with Crippen molar-refractivity contribution in [2.24, 2.45) is 0 Å². The van der Waals surface area contributed by atoms with Crippen LogP contribution in [0.5, 0.6) is 0 Å². The highest BCUT2D eigenvalue weighted by Gasteiger charge is 2.42. The quantitative estimate of drug-likeness (QED) is 0.832. The van der Waals surface area contributed by atoms with Gasteiger partial charge in [0.2, 0.25) is 0 Å². The molecule has 18 heavy (non-hydrogen) atoms. The Labute approximate surface area is 108 Å². The van der Waals surface area contributed by atoms with E-state index in [0.29, 0.717) is 15.7 Å². The van der Waals surface area contributed by atoms with Gasteiger partial charge in [-0.2, -0.15) is 13.2 Å². The second-order valence-electron chi connectivity index (χ2n) is 3.63. The fourth-order valence-electron chi connectivity index (χ4n) is 1.59. The van der Waals surface area contributed by atoms with Gasteiger partial charge in [0.1, 0.15) is 6.04 Å². The van der Waals surface area contributed by atoms with Gasteiger partial charge < -0.3 is 10.6 Å². The first-order chi connectivity index (χ1) is 8.29. The lowest BCUT2D eigenvalue weighted by Crippen LogP contribution is -2.41. The average Bonchev–Trinajstić information content (AvgIpc) is 2.54. The van der Waals surface area contributed by atoms with Crippen LogP contribution >= 0.6 is 15.9 Å². The molecule has 1 aliphatic rings. The zero-order valence-electron chi connectivity index (χ0n) is 8.64. The first-order valence-corrected chi connectivity index (χ1v) is 5.56. The molecule has 96 valence electrons. The van der Waals surface area contributed by atoms with Crippen molar-refractivity contribution in [3.8, 4) is 0 Å². The van der Waals surface area contributed by atoms with Crippen LogP contribution in [0, 0.1) is 0 Å². The molecular formula is C10H6BrF3N2O2. The predicted octanol–water partition coefficient (Wildman–Crippen LogP) is 2.12. The molecule has 1 heterocycles. The maximum atomic E-state index is 12.1. The molecule has 1 aromatic carbocycles. The van der Waals surface area contributed by atoms with Gasteiger partial charge in [-0.05, 0) is 18.2 Å². The van der Waals surface area contributed by atoms with Crippen LogP contribution in [0.3, 0.4) is 0 Å². The van der Waals surface area contributed by atoms with Crippen molar-refractivity contribution in [2.45, 2.75) is 12.2 Å². The van der Waals surface area contributed by atoms with Crippen LogP contribution in [0.2, 0.25) is 0 Å². The number of anilines is 1. The van der Waals surface area contributed by atoms with E-state index in [9.17, 15) is 22.8 Å². The Morgan fingerprint density at radius 2 is 2.06 bits per heavy atom. The second-order valence-corrected chi connectivity index (χ2v) is 4.54. The number of benzene rings is 1. The van der Waals surface area contributed by atoms with Crippen molar-refractivity contribution >= 4 is 33.4 Å². The fourth-order valence-corrected chi connectivity index (χ4v) is 1.97. The number of hydrogen-bond acceptors (Lipinski definition) is 2. The van der Waals surface area contributed by atoms with Gasteiger partial charge in [0.05, 0.1) is 0 Å². The van der Waals surface area contributed by atoms with Crippen LogP contribution in [0.1, 0.15) is 11.6 Å². The van der Waals surface area contributed by atoms with Crippen molar-refractivity contribution < 1.29 is 22.8 Å². The highest BCUT2D eigenvalue weighted by Crippen LogP contribution is 2.33. The Morgan fingerprint density at radius 3 is 2.67 bits per heavy atom. The Morgan fingerprint density at radius 1 is 1.39 bits per heavy atom. The third-order valence-electron chi connectivity index (χ3n) is 2.38. The van der Waals surface area contributed by atoms with Crippen molar-refractivity contribution in [1.29, 1.82) is 0 Å². The van der Waals surface area contributed by atoms with Gasteiger partial charge in [0.25, 0.3) is 5.91 Å². The zero-order chi connectivity index (χ0) is 13.5. The predicted molar refractivity (Wildman–Crippen MR) is 59.7 cm³/mol. The maximum Gasteiger partial charge on any atom is 0.471 e. The molecule has 1 atom stereocenters. The molecular weight excluding hydrogens is 317 g/mol. The van der Waals surface area contributed by atoms with Crippen molar-refractivity contribution in [3.63, 3.8) is 0 Å². The summed E-state index contributed by atoms with van der Waals surface area (Å²) in [6.45, 7) is 0. The molecule has 8 heteroatoms. The molecule has 1 aromatic rings. The van der Waals surface area contributed by atoms with Crippen LogP contribution in [0.4, 0.5) is 18.9 Å². The fraction of sp³-hybridized carbons (Fsp3) is 0.200. The Hall–Kier alpha value is -1.57. The van der Waals surface area contributed by atoms with E-state index >= 15 is 0 Å². The molecule has 0 saturated carbocycles. The van der Waals surface area contributed by atoms with Gasteiger partial charge in [0.15, 0.2) is 0 Å². The number of amides is 2. The van der Waals surface area contributed by atoms with Gasteiger partial charge in [-0.15, -0.1) is 0 Å². The number of fused-ring (bicyclic) bond motifs is 1. The number of hydrogen-bond donors (Lipinski definition) is 2. The summed E-state index contributed by atoms with van der Waals surface area (Å²) in [5.41, 5.74) is 0.683. The molecule has 0 unspecified atom stereocenters. The third-order valence-corrected chi connectivity index (χ3v) is 2.87. The third kappa shape index (κ3) is 2.33. The van der Waals surface area contributed by atoms with E-state index in [1.165, 1.54) is 12.1 Å². The average molecular weight is 323 g/mol. The minimum absolute atomic E-state index is 0.298. The normalized spacial score (nSPS) is 18.2. The summed E-state index contributed by atoms with van der Waals surface area (Å²) in [6, 6.07) is 3.32. The largest absolute Gasteiger partial charge is 0.471 e. The minimum atomic E-state index is -5.02. The summed E-state index contributed by atoms with van der Waals surface area (Å²) in [7, 11) is 0. The summed E-state index contributed by atoms with van der Waals surface area (Å²) in [6.07, 6.45) is -5.02. The molecule has 0 bridgehead atoms. The number of halogens is 4. The summed E-state index contributed by atoms with van der Waals surface area (Å²) in [4.78, 5) is 22.3. The monoisotopic (exact) mass is 322 g/mol. The molecule has 2 rings (SSSR count). The van der Waals surface area contributed by atoms with E-state index in [1.54, 1.807) is 11.4 Å². The molecule has 0 aliphatic carbocycles. The molecule has 0 spiro atoms. The van der Waals surface area contributed by atoms with Crippen molar-refractivity contribution in [2.75, 3.05) is 5.32 Å². The Balaban J connectivity index is 2.28. The summed E-state index contributed by atoms with van der Waals surface area (Å²) in [5, 5.41) is 4.04. The number of rotatable bonds is 1. The van der Waals surface area contributed by atoms with Gasteiger partial charge in [-0.25, -0.2) is 0 Å². The molecule has 0 radical (unpaired) electrons. The maximum absolute atomic E-state index is 12.1. The SMILES string of the molecule is O=C1Nc2ccc(Br)cc2[C@H]1NC(=O)C(F)(F)F. The van der Waals surface area contributed by atoms with Crippen molar-refractivity contribution in [3.05, 3.63) is 28.2 Å². The van der Waals surface area contributed by atoms with Crippen LogP contribution in [-0.2, 0) is 9.59 Å². The van der Waals surface area contributed by atoms with E-state index in [2.05, 4.69) is 21.2 Å². The van der Waals surface area contributed by atoms with Crippen LogP contribution in [0.25, 0.3) is 0 Å². The summed E-state index contributed by atoms with van der Waals surface area (Å²) >= 11 is 3.14. The molecule has 0 saturated heterocycles. The van der Waals surface area contributed by atoms with Gasteiger partial charge in [-0.3, -0.25) is 9.59 Å². The summed E-state index contributed by atoms with van der Waals surface area (Å²) < 4.78 is 37.0. The van der Waals surface area contributed by atoms with E-state index in [-0.39, 0.29) is 0 Å². The number of carbonyl (C=O) groups is 2. The topological polar surface area (TPSA) is 58.2 Å². The first kappa shape index (κ1) is 12.9. The molecule has 2 N–H and O–H groups in total. The van der Waals surface area contributed by atoms with E-state index in [0.717, 1.165) is 0 Å². The smallest absolute Gasteiger partial charge is 0.333 e. The van der Waals surface area contributed by atoms with Gasteiger partial charge in [-0.1, -0.05) is 15.9 Å². The zero-order valence-corrected chi connectivity index (χ0v) is 10.2. The molecule has 0 aromatic heterocycles. The van der Waals surface area contributed by atoms with Crippen LogP contribution < -0.4 is 10.6 Å². The van der Waals surface area contributed by atoms with Gasteiger partial charge >= 0.3 is 12.1 Å². The molecule has 1 aliphatic heterocycles. The second kappa shape index (κ2) is 4.27. The molecule has 2 amide bonds. The van der Waals surface area contributed by atoms with Crippen LogP contribution in [0.15, 0.2) is 22.7 Å². The lowest BCUT2D eigenvalue weighted by molar-refractivity contribution is -0.174. The number of alkyl halides is 3.